The minimum atomic E-state index is -0.888. The van der Waals surface area contributed by atoms with Gasteiger partial charge in [-0.05, 0) is 12.8 Å². The summed E-state index contributed by atoms with van der Waals surface area (Å²) in [5, 5.41) is 22.6. The number of rotatable bonds is 9. The summed E-state index contributed by atoms with van der Waals surface area (Å²) in [4.78, 5) is 24.9. The minimum Gasteiger partial charge on any atom is -0.481 e. The van der Waals surface area contributed by atoms with Crippen molar-refractivity contribution in [2.75, 3.05) is 11.9 Å². The summed E-state index contributed by atoms with van der Waals surface area (Å²) in [6.07, 6.45) is 2.56. The third-order valence-electron chi connectivity index (χ3n) is 2.23. The van der Waals surface area contributed by atoms with Crippen LogP contribution in [0.25, 0.3) is 0 Å². The summed E-state index contributed by atoms with van der Waals surface area (Å²) in [6, 6.07) is 0. The molecule has 3 N–H and O–H groups in total. The third kappa shape index (κ3) is 6.19. The first-order valence-corrected chi connectivity index (χ1v) is 6.58. The smallest absolute Gasteiger partial charge is 0.309 e. The number of aromatic nitrogens is 1. The van der Waals surface area contributed by atoms with Crippen molar-refractivity contribution in [1.29, 1.82) is 0 Å². The van der Waals surface area contributed by atoms with Gasteiger partial charge >= 0.3 is 11.9 Å². The van der Waals surface area contributed by atoms with Crippen molar-refractivity contribution in [3.05, 3.63) is 11.1 Å². The summed E-state index contributed by atoms with van der Waals surface area (Å²) >= 11 is 1.38. The fraction of sp³-hybridized carbons (Fsp3) is 0.545. The van der Waals surface area contributed by atoms with Crippen LogP contribution in [0.5, 0.6) is 0 Å². The second-order valence-electron chi connectivity index (χ2n) is 3.85. The van der Waals surface area contributed by atoms with Crippen LogP contribution in [-0.2, 0) is 16.0 Å². The average Bonchev–Trinajstić information content (AvgIpc) is 2.69. The Morgan fingerprint density at radius 3 is 2.67 bits per heavy atom. The first kappa shape index (κ1) is 14.4. The van der Waals surface area contributed by atoms with E-state index in [2.05, 4.69) is 10.3 Å². The van der Waals surface area contributed by atoms with Gasteiger partial charge in [-0.25, -0.2) is 4.98 Å². The molecule has 1 aromatic rings. The SMILES string of the molecule is O=C(O)CCCCCNc1nc(CC(=O)O)cs1. The van der Waals surface area contributed by atoms with Crippen LogP contribution in [0.2, 0.25) is 0 Å². The van der Waals surface area contributed by atoms with Gasteiger partial charge in [0, 0.05) is 18.3 Å². The number of hydrogen-bond acceptors (Lipinski definition) is 5. The highest BCUT2D eigenvalue weighted by atomic mass is 32.1. The van der Waals surface area contributed by atoms with Crippen LogP contribution in [0.4, 0.5) is 5.13 Å². The second-order valence-corrected chi connectivity index (χ2v) is 4.70. The van der Waals surface area contributed by atoms with E-state index in [9.17, 15) is 9.59 Å². The van der Waals surface area contributed by atoms with E-state index in [4.69, 9.17) is 10.2 Å². The Bertz CT molecular complexity index is 406. The molecule has 100 valence electrons. The van der Waals surface area contributed by atoms with E-state index in [-0.39, 0.29) is 12.8 Å². The lowest BCUT2D eigenvalue weighted by atomic mass is 10.2. The number of carbonyl (C=O) groups is 2. The monoisotopic (exact) mass is 272 g/mol. The maximum Gasteiger partial charge on any atom is 0.309 e. The van der Waals surface area contributed by atoms with Crippen molar-refractivity contribution in [3.8, 4) is 0 Å². The second kappa shape index (κ2) is 7.65. The molecule has 0 saturated carbocycles. The van der Waals surface area contributed by atoms with Gasteiger partial charge in [0.1, 0.15) is 0 Å². The van der Waals surface area contributed by atoms with Gasteiger partial charge < -0.3 is 15.5 Å². The van der Waals surface area contributed by atoms with E-state index >= 15 is 0 Å². The third-order valence-corrected chi connectivity index (χ3v) is 3.08. The van der Waals surface area contributed by atoms with Gasteiger partial charge in [0.25, 0.3) is 0 Å². The van der Waals surface area contributed by atoms with Crippen LogP contribution in [-0.4, -0.2) is 33.7 Å². The first-order valence-electron chi connectivity index (χ1n) is 5.70. The molecule has 0 spiro atoms. The number of anilines is 1. The molecule has 1 aromatic heterocycles. The quantitative estimate of drug-likeness (QED) is 0.593. The van der Waals surface area contributed by atoms with E-state index in [1.54, 1.807) is 5.38 Å². The molecule has 1 heterocycles. The van der Waals surface area contributed by atoms with E-state index in [0.29, 0.717) is 17.2 Å². The molecule has 0 aliphatic rings. The Hall–Kier alpha value is -1.63. The molecule has 6 nitrogen and oxygen atoms in total. The number of carboxylic acids is 2. The highest BCUT2D eigenvalue weighted by Gasteiger charge is 2.05. The van der Waals surface area contributed by atoms with E-state index < -0.39 is 11.9 Å². The number of nitrogens with zero attached hydrogens (tertiary/aromatic N) is 1. The number of carboxylic acid groups (broad SMARTS) is 2. The lowest BCUT2D eigenvalue weighted by Crippen LogP contribution is -2.03. The average molecular weight is 272 g/mol. The molecule has 0 fully saturated rings. The summed E-state index contributed by atoms with van der Waals surface area (Å²) in [7, 11) is 0. The van der Waals surface area contributed by atoms with Gasteiger partial charge in [0.15, 0.2) is 5.13 Å². The van der Waals surface area contributed by atoms with Crippen molar-refractivity contribution in [1.82, 2.24) is 4.98 Å². The van der Waals surface area contributed by atoms with Crippen molar-refractivity contribution in [2.24, 2.45) is 0 Å². The Morgan fingerprint density at radius 2 is 2.00 bits per heavy atom. The normalized spacial score (nSPS) is 10.2. The van der Waals surface area contributed by atoms with Crippen LogP contribution in [0, 0.1) is 0 Å². The fourth-order valence-electron chi connectivity index (χ4n) is 1.40. The molecule has 18 heavy (non-hydrogen) atoms. The van der Waals surface area contributed by atoms with Gasteiger partial charge in [0.2, 0.25) is 0 Å². The van der Waals surface area contributed by atoms with Crippen molar-refractivity contribution in [2.45, 2.75) is 32.1 Å². The number of nitrogens with one attached hydrogen (secondary N) is 1. The Balaban J connectivity index is 2.13. The molecule has 0 aliphatic carbocycles. The highest BCUT2D eigenvalue weighted by molar-refractivity contribution is 7.13. The van der Waals surface area contributed by atoms with Crippen LogP contribution in [0.15, 0.2) is 5.38 Å². The zero-order chi connectivity index (χ0) is 13.4. The maximum atomic E-state index is 10.5. The van der Waals surface area contributed by atoms with E-state index in [1.165, 1.54) is 11.3 Å². The number of unbranched alkanes of at least 4 members (excludes halogenated alkanes) is 2. The van der Waals surface area contributed by atoms with Crippen LogP contribution in [0.3, 0.4) is 0 Å². The summed E-state index contributed by atoms with van der Waals surface area (Å²) in [6.45, 7) is 0.722. The molecule has 0 aliphatic heterocycles. The Labute approximate surface area is 109 Å². The van der Waals surface area contributed by atoms with Gasteiger partial charge in [0.05, 0.1) is 12.1 Å². The molecule has 0 unspecified atom stereocenters. The predicted octanol–water partition coefficient (Wildman–Crippen LogP) is 1.83. The molecule has 0 radical (unpaired) electrons. The number of hydrogen-bond donors (Lipinski definition) is 3. The fourth-order valence-corrected chi connectivity index (χ4v) is 2.14. The van der Waals surface area contributed by atoms with Crippen molar-refractivity contribution < 1.29 is 19.8 Å². The summed E-state index contributed by atoms with van der Waals surface area (Å²) in [5.41, 5.74) is 0.556. The lowest BCUT2D eigenvalue weighted by molar-refractivity contribution is -0.137. The minimum absolute atomic E-state index is 0.0587. The Kier molecular flexibility index (Phi) is 6.13. The standard InChI is InChI=1S/C11H16N2O4S/c14-9(15)4-2-1-3-5-12-11-13-8(7-18-11)6-10(16)17/h7H,1-6H2,(H,12,13)(H,14,15)(H,16,17). The van der Waals surface area contributed by atoms with Crippen LogP contribution < -0.4 is 5.32 Å². The molecule has 0 atom stereocenters. The zero-order valence-corrected chi connectivity index (χ0v) is 10.7. The molecule has 0 amide bonds. The first-order chi connectivity index (χ1) is 8.58. The van der Waals surface area contributed by atoms with Gasteiger partial charge in [-0.15, -0.1) is 11.3 Å². The zero-order valence-electron chi connectivity index (χ0n) is 9.89. The van der Waals surface area contributed by atoms with E-state index in [0.717, 1.165) is 19.4 Å². The Morgan fingerprint density at radius 1 is 1.22 bits per heavy atom. The molecular weight excluding hydrogens is 256 g/mol. The molecule has 0 aromatic carbocycles. The van der Waals surface area contributed by atoms with Gasteiger partial charge in [-0.1, -0.05) is 6.42 Å². The van der Waals surface area contributed by atoms with Crippen molar-refractivity contribution in [3.63, 3.8) is 0 Å². The summed E-state index contributed by atoms with van der Waals surface area (Å²) < 4.78 is 0. The predicted molar refractivity (Wildman–Crippen MR) is 68.0 cm³/mol. The maximum absolute atomic E-state index is 10.5. The van der Waals surface area contributed by atoms with Crippen LogP contribution in [0.1, 0.15) is 31.4 Å². The number of aliphatic carboxylic acids is 2. The van der Waals surface area contributed by atoms with Gasteiger partial charge in [-0.2, -0.15) is 0 Å². The lowest BCUT2D eigenvalue weighted by Gasteiger charge is -2.01. The molecule has 0 bridgehead atoms. The van der Waals surface area contributed by atoms with Gasteiger partial charge in [-0.3, -0.25) is 9.59 Å². The van der Waals surface area contributed by atoms with Crippen LogP contribution >= 0.6 is 11.3 Å². The van der Waals surface area contributed by atoms with E-state index in [1.807, 2.05) is 0 Å². The number of thiazole rings is 1. The molecular formula is C11H16N2O4S. The van der Waals surface area contributed by atoms with Crippen molar-refractivity contribution >= 4 is 28.4 Å². The molecule has 7 heteroatoms. The highest BCUT2D eigenvalue weighted by Crippen LogP contribution is 2.15. The summed E-state index contributed by atoms with van der Waals surface area (Å²) in [5.74, 6) is -1.65. The molecule has 0 saturated heterocycles. The largest absolute Gasteiger partial charge is 0.481 e. The molecule has 1 rings (SSSR count). The topological polar surface area (TPSA) is 99.5 Å².